The first-order valence-corrected chi connectivity index (χ1v) is 13.6. The third kappa shape index (κ3) is 4.11. The molecule has 6 heteroatoms. The highest BCUT2D eigenvalue weighted by molar-refractivity contribution is 6.12. The molecule has 6 rings (SSSR count). The van der Waals surface area contributed by atoms with E-state index in [1.807, 2.05) is 106 Å². The first-order valence-electron chi connectivity index (χ1n) is 13.6. The molecule has 2 heterocycles. The number of carbonyl (C=O) groups excluding carboxylic acids is 2. The summed E-state index contributed by atoms with van der Waals surface area (Å²) < 4.78 is 5.47. The summed E-state index contributed by atoms with van der Waals surface area (Å²) >= 11 is 0. The quantitative estimate of drug-likeness (QED) is 0.291. The zero-order valence-electron chi connectivity index (χ0n) is 23.2. The molecule has 0 bridgehead atoms. The summed E-state index contributed by atoms with van der Waals surface area (Å²) in [5.74, 6) is -1.51. The van der Waals surface area contributed by atoms with Gasteiger partial charge in [0.25, 0.3) is 5.91 Å². The number of carbonyl (C=O) groups is 2. The number of amides is 1. The summed E-state index contributed by atoms with van der Waals surface area (Å²) in [7, 11) is 1.39. The minimum absolute atomic E-state index is 0.172. The standard InChI is InChI=1S/C34H33N3O3/c1-21-10-14-25(15-11-21)35-31-26-18-22(2)12-16-28(26)36-34(30(31)32(38)40-4)27-19-23(3)13-17-29(27)37(33(34)39)20-24-8-6-5-7-9-24/h5-19,30-31,35-36H,20H2,1-4H3/t30-,31-,34-/m1/s1. The van der Waals surface area contributed by atoms with E-state index in [9.17, 15) is 9.59 Å². The van der Waals surface area contributed by atoms with E-state index >= 15 is 0 Å². The maximum atomic E-state index is 14.8. The number of fused-ring (bicyclic) bond motifs is 3. The van der Waals surface area contributed by atoms with Crippen LogP contribution in [0.5, 0.6) is 0 Å². The van der Waals surface area contributed by atoms with E-state index in [4.69, 9.17) is 4.74 Å². The Bertz CT molecular complexity index is 1600. The molecule has 0 unspecified atom stereocenters. The van der Waals surface area contributed by atoms with E-state index in [2.05, 4.69) is 16.7 Å². The van der Waals surface area contributed by atoms with Gasteiger partial charge in [-0.3, -0.25) is 9.59 Å². The molecule has 2 N–H and O–H groups in total. The number of ether oxygens (including phenoxy) is 1. The van der Waals surface area contributed by atoms with Gasteiger partial charge in [-0.05, 0) is 56.2 Å². The van der Waals surface area contributed by atoms with Gasteiger partial charge in [-0.2, -0.15) is 0 Å². The van der Waals surface area contributed by atoms with Crippen molar-refractivity contribution in [2.24, 2.45) is 5.92 Å². The molecule has 0 radical (unpaired) electrons. The molecule has 0 aromatic heterocycles. The lowest BCUT2D eigenvalue weighted by atomic mass is 9.69. The highest BCUT2D eigenvalue weighted by Crippen LogP contribution is 2.55. The van der Waals surface area contributed by atoms with Crippen LogP contribution in [0.15, 0.2) is 91.0 Å². The Morgan fingerprint density at radius 2 is 1.57 bits per heavy atom. The molecule has 0 fully saturated rings. The molecule has 3 atom stereocenters. The number of anilines is 3. The van der Waals surface area contributed by atoms with E-state index in [1.165, 1.54) is 7.11 Å². The Kier molecular flexibility index (Phi) is 6.34. The molecule has 1 amide bonds. The normalized spacial score (nSPS) is 21.0. The third-order valence-corrected chi connectivity index (χ3v) is 8.14. The Morgan fingerprint density at radius 1 is 0.900 bits per heavy atom. The Labute approximate surface area is 235 Å². The SMILES string of the molecule is COC(=O)[C@H]1[C@H](Nc2ccc(C)cc2)c2cc(C)ccc2N[C@@]12C(=O)N(Cc1ccccc1)c1ccc(C)cc12. The summed E-state index contributed by atoms with van der Waals surface area (Å²) in [6.07, 6.45) is 0. The number of esters is 1. The number of hydrogen-bond donors (Lipinski definition) is 2. The molecule has 2 aliphatic rings. The van der Waals surface area contributed by atoms with Gasteiger partial charge < -0.3 is 20.3 Å². The van der Waals surface area contributed by atoms with Crippen molar-refractivity contribution >= 4 is 28.9 Å². The second-order valence-corrected chi connectivity index (χ2v) is 10.9. The summed E-state index contributed by atoms with van der Waals surface area (Å²) in [6, 6.07) is 29.6. The molecule has 0 saturated heterocycles. The number of nitrogens with one attached hydrogen (secondary N) is 2. The van der Waals surface area contributed by atoms with Crippen LogP contribution in [-0.2, 0) is 26.4 Å². The van der Waals surface area contributed by atoms with Crippen molar-refractivity contribution < 1.29 is 14.3 Å². The number of rotatable bonds is 5. The maximum absolute atomic E-state index is 14.8. The number of methoxy groups -OCH3 is 1. The fourth-order valence-corrected chi connectivity index (χ4v) is 6.19. The van der Waals surface area contributed by atoms with Crippen LogP contribution >= 0.6 is 0 Å². The molecule has 4 aromatic rings. The van der Waals surface area contributed by atoms with Crippen LogP contribution in [0.3, 0.4) is 0 Å². The lowest BCUT2D eigenvalue weighted by Crippen LogP contribution is -2.58. The van der Waals surface area contributed by atoms with Gasteiger partial charge in [-0.25, -0.2) is 0 Å². The highest BCUT2D eigenvalue weighted by atomic mass is 16.5. The predicted octanol–water partition coefficient (Wildman–Crippen LogP) is 6.42. The molecular weight excluding hydrogens is 498 g/mol. The van der Waals surface area contributed by atoms with Gasteiger partial charge >= 0.3 is 5.97 Å². The fourth-order valence-electron chi connectivity index (χ4n) is 6.19. The maximum Gasteiger partial charge on any atom is 0.314 e. The van der Waals surface area contributed by atoms with E-state index in [0.29, 0.717) is 6.54 Å². The monoisotopic (exact) mass is 531 g/mol. The van der Waals surface area contributed by atoms with E-state index in [-0.39, 0.29) is 5.91 Å². The van der Waals surface area contributed by atoms with E-state index in [1.54, 1.807) is 4.90 Å². The van der Waals surface area contributed by atoms with Gasteiger partial charge in [0.05, 0.1) is 25.4 Å². The van der Waals surface area contributed by atoms with Crippen LogP contribution in [0.4, 0.5) is 17.1 Å². The largest absolute Gasteiger partial charge is 0.469 e. The first-order chi connectivity index (χ1) is 19.3. The van der Waals surface area contributed by atoms with E-state index < -0.39 is 23.5 Å². The predicted molar refractivity (Wildman–Crippen MR) is 158 cm³/mol. The lowest BCUT2D eigenvalue weighted by molar-refractivity contribution is -0.151. The summed E-state index contributed by atoms with van der Waals surface area (Å²) in [6.45, 7) is 6.47. The van der Waals surface area contributed by atoms with Gasteiger partial charge in [0, 0.05) is 16.9 Å². The summed E-state index contributed by atoms with van der Waals surface area (Å²) in [5, 5.41) is 7.23. The Balaban J connectivity index is 1.58. The Hall–Kier alpha value is -4.58. The molecule has 2 aliphatic heterocycles. The fraction of sp³-hybridized carbons (Fsp3) is 0.235. The molecule has 202 valence electrons. The van der Waals surface area contributed by atoms with Gasteiger partial charge in [0.1, 0.15) is 5.92 Å². The topological polar surface area (TPSA) is 70.7 Å². The van der Waals surface area contributed by atoms with Gasteiger partial charge in [0.15, 0.2) is 5.54 Å². The average molecular weight is 532 g/mol. The molecule has 40 heavy (non-hydrogen) atoms. The molecule has 0 aliphatic carbocycles. The zero-order chi connectivity index (χ0) is 28.0. The summed E-state index contributed by atoms with van der Waals surface area (Å²) in [4.78, 5) is 30.5. The molecule has 0 saturated carbocycles. The second kappa shape index (κ2) is 9.87. The van der Waals surface area contributed by atoms with Crippen molar-refractivity contribution in [3.63, 3.8) is 0 Å². The molecule has 4 aromatic carbocycles. The molecule has 1 spiro atoms. The van der Waals surface area contributed by atoms with Crippen molar-refractivity contribution in [3.05, 3.63) is 124 Å². The highest BCUT2D eigenvalue weighted by Gasteiger charge is 2.63. The molecule has 6 nitrogen and oxygen atoms in total. The van der Waals surface area contributed by atoms with Crippen molar-refractivity contribution in [3.8, 4) is 0 Å². The van der Waals surface area contributed by atoms with Gasteiger partial charge in [-0.15, -0.1) is 0 Å². The van der Waals surface area contributed by atoms with Crippen molar-refractivity contribution in [2.75, 3.05) is 22.6 Å². The first kappa shape index (κ1) is 25.7. The second-order valence-electron chi connectivity index (χ2n) is 10.9. The Morgan fingerprint density at radius 3 is 2.30 bits per heavy atom. The van der Waals surface area contributed by atoms with Crippen LogP contribution in [0.2, 0.25) is 0 Å². The third-order valence-electron chi connectivity index (χ3n) is 8.14. The number of hydrogen-bond acceptors (Lipinski definition) is 5. The average Bonchev–Trinajstić information content (AvgIpc) is 3.17. The van der Waals surface area contributed by atoms with Gasteiger partial charge in [-0.1, -0.05) is 83.4 Å². The number of benzene rings is 4. The van der Waals surface area contributed by atoms with Crippen LogP contribution in [-0.4, -0.2) is 19.0 Å². The van der Waals surface area contributed by atoms with E-state index in [0.717, 1.165) is 50.4 Å². The van der Waals surface area contributed by atoms with Crippen molar-refractivity contribution in [2.45, 2.75) is 38.9 Å². The van der Waals surface area contributed by atoms with Crippen LogP contribution in [0.25, 0.3) is 0 Å². The minimum atomic E-state index is -1.37. The zero-order valence-corrected chi connectivity index (χ0v) is 23.2. The number of nitrogens with zero attached hydrogens (tertiary/aromatic N) is 1. The molecular formula is C34H33N3O3. The van der Waals surface area contributed by atoms with Crippen LogP contribution in [0, 0.1) is 26.7 Å². The summed E-state index contributed by atoms with van der Waals surface area (Å²) in [5.41, 5.74) is 7.04. The van der Waals surface area contributed by atoms with Crippen LogP contribution in [0.1, 0.15) is 39.4 Å². The smallest absolute Gasteiger partial charge is 0.314 e. The lowest BCUT2D eigenvalue weighted by Gasteiger charge is -2.46. The number of aryl methyl sites for hydroxylation is 3. The van der Waals surface area contributed by atoms with Crippen molar-refractivity contribution in [1.82, 2.24) is 0 Å². The van der Waals surface area contributed by atoms with Gasteiger partial charge in [0.2, 0.25) is 0 Å². The van der Waals surface area contributed by atoms with Crippen molar-refractivity contribution in [1.29, 1.82) is 0 Å². The minimum Gasteiger partial charge on any atom is -0.469 e. The van der Waals surface area contributed by atoms with Crippen LogP contribution < -0.4 is 15.5 Å².